The monoisotopic (exact) mass is 264 g/mol. The van der Waals surface area contributed by atoms with Crippen LogP contribution in [0.25, 0.3) is 0 Å². The summed E-state index contributed by atoms with van der Waals surface area (Å²) >= 11 is 0. The first-order chi connectivity index (χ1) is 9.08. The summed E-state index contributed by atoms with van der Waals surface area (Å²) < 4.78 is 5.11. The number of nitrogens with one attached hydrogen (secondary N) is 1. The standard InChI is InChI=1S/C15H24N2O2/c1-5-17(3)15(18)12(2)16-10-13-7-6-8-14(9-13)11-19-4/h6-9,12,16H,5,10-11H2,1-4H3. The number of methoxy groups -OCH3 is 1. The molecule has 0 saturated heterocycles. The number of carbonyl (C=O) groups is 1. The average Bonchev–Trinajstić information content (AvgIpc) is 2.44. The van der Waals surface area contributed by atoms with Crippen LogP contribution in [0.2, 0.25) is 0 Å². The van der Waals surface area contributed by atoms with Gasteiger partial charge in [0.05, 0.1) is 12.6 Å². The Kier molecular flexibility index (Phi) is 6.53. The molecular weight excluding hydrogens is 240 g/mol. The van der Waals surface area contributed by atoms with E-state index >= 15 is 0 Å². The van der Waals surface area contributed by atoms with Crippen LogP contribution >= 0.6 is 0 Å². The topological polar surface area (TPSA) is 41.6 Å². The van der Waals surface area contributed by atoms with Crippen LogP contribution in [0.15, 0.2) is 24.3 Å². The smallest absolute Gasteiger partial charge is 0.239 e. The largest absolute Gasteiger partial charge is 0.380 e. The van der Waals surface area contributed by atoms with Gasteiger partial charge < -0.3 is 15.0 Å². The quantitative estimate of drug-likeness (QED) is 0.816. The molecule has 0 heterocycles. The number of carbonyl (C=O) groups excluding carboxylic acids is 1. The van der Waals surface area contributed by atoms with E-state index in [4.69, 9.17) is 4.74 Å². The lowest BCUT2D eigenvalue weighted by molar-refractivity contribution is -0.131. The number of hydrogen-bond acceptors (Lipinski definition) is 3. The van der Waals surface area contributed by atoms with E-state index in [-0.39, 0.29) is 11.9 Å². The number of benzene rings is 1. The summed E-state index contributed by atoms with van der Waals surface area (Å²) in [5.41, 5.74) is 2.31. The Bertz CT molecular complexity index is 407. The van der Waals surface area contributed by atoms with Crippen molar-refractivity contribution in [2.75, 3.05) is 20.7 Å². The summed E-state index contributed by atoms with van der Waals surface area (Å²) in [5, 5.41) is 3.25. The molecule has 0 aliphatic heterocycles. The average molecular weight is 264 g/mol. The van der Waals surface area contributed by atoms with Crippen molar-refractivity contribution >= 4 is 5.91 Å². The molecule has 19 heavy (non-hydrogen) atoms. The zero-order chi connectivity index (χ0) is 14.3. The molecule has 1 N–H and O–H groups in total. The molecule has 0 saturated carbocycles. The first-order valence-corrected chi connectivity index (χ1v) is 6.63. The van der Waals surface area contributed by atoms with Gasteiger partial charge in [-0.2, -0.15) is 0 Å². The van der Waals surface area contributed by atoms with Gasteiger partial charge in [-0.3, -0.25) is 4.79 Å². The second-order valence-electron chi connectivity index (χ2n) is 4.71. The van der Waals surface area contributed by atoms with Gasteiger partial charge in [-0.15, -0.1) is 0 Å². The van der Waals surface area contributed by atoms with Gasteiger partial charge in [-0.25, -0.2) is 0 Å². The fourth-order valence-corrected chi connectivity index (χ4v) is 1.84. The Balaban J connectivity index is 2.52. The van der Waals surface area contributed by atoms with Gasteiger partial charge in [0.15, 0.2) is 0 Å². The highest BCUT2D eigenvalue weighted by Gasteiger charge is 2.15. The van der Waals surface area contributed by atoms with Crippen molar-refractivity contribution in [1.82, 2.24) is 10.2 Å². The second-order valence-corrected chi connectivity index (χ2v) is 4.71. The maximum Gasteiger partial charge on any atom is 0.239 e. The van der Waals surface area contributed by atoms with Crippen molar-refractivity contribution in [2.24, 2.45) is 0 Å². The van der Waals surface area contributed by atoms with E-state index in [1.807, 2.05) is 39.1 Å². The van der Waals surface area contributed by atoms with Gasteiger partial charge >= 0.3 is 0 Å². The van der Waals surface area contributed by atoms with E-state index in [0.29, 0.717) is 13.2 Å². The van der Waals surface area contributed by atoms with Crippen LogP contribution in [0.3, 0.4) is 0 Å². The summed E-state index contributed by atoms with van der Waals surface area (Å²) in [6.07, 6.45) is 0. The van der Waals surface area contributed by atoms with E-state index in [2.05, 4.69) is 11.4 Å². The highest BCUT2D eigenvalue weighted by molar-refractivity contribution is 5.81. The Morgan fingerprint density at radius 1 is 1.42 bits per heavy atom. The third kappa shape index (κ3) is 5.01. The van der Waals surface area contributed by atoms with Crippen LogP contribution in [0.5, 0.6) is 0 Å². The molecule has 1 unspecified atom stereocenters. The van der Waals surface area contributed by atoms with Gasteiger partial charge in [0.1, 0.15) is 0 Å². The van der Waals surface area contributed by atoms with Gasteiger partial charge in [0.2, 0.25) is 5.91 Å². The lowest BCUT2D eigenvalue weighted by Gasteiger charge is -2.20. The van der Waals surface area contributed by atoms with E-state index < -0.39 is 0 Å². The highest BCUT2D eigenvalue weighted by atomic mass is 16.5. The number of amides is 1. The van der Waals surface area contributed by atoms with Gasteiger partial charge in [-0.1, -0.05) is 24.3 Å². The molecule has 0 radical (unpaired) electrons. The van der Waals surface area contributed by atoms with Crippen molar-refractivity contribution in [3.63, 3.8) is 0 Å². The molecule has 106 valence electrons. The summed E-state index contributed by atoms with van der Waals surface area (Å²) in [6, 6.07) is 8.02. The van der Waals surface area contributed by atoms with Gasteiger partial charge in [-0.05, 0) is 25.0 Å². The number of rotatable bonds is 7. The van der Waals surface area contributed by atoms with Gasteiger partial charge in [0, 0.05) is 27.2 Å². The summed E-state index contributed by atoms with van der Waals surface area (Å²) in [6.45, 7) is 5.89. The maximum absolute atomic E-state index is 11.9. The van der Waals surface area contributed by atoms with Crippen LogP contribution in [0, 0.1) is 0 Å². The minimum absolute atomic E-state index is 0.121. The van der Waals surface area contributed by atoms with Crippen LogP contribution in [-0.4, -0.2) is 37.6 Å². The predicted octanol–water partition coefficient (Wildman–Crippen LogP) is 1.79. The number of likely N-dealkylation sites (N-methyl/N-ethyl adjacent to an activating group) is 1. The van der Waals surface area contributed by atoms with Crippen LogP contribution in [0.4, 0.5) is 0 Å². The third-order valence-corrected chi connectivity index (χ3v) is 3.14. The first kappa shape index (κ1) is 15.7. The fourth-order valence-electron chi connectivity index (χ4n) is 1.84. The molecule has 0 aromatic heterocycles. The Labute approximate surface area is 115 Å². The second kappa shape index (κ2) is 7.92. The maximum atomic E-state index is 11.9. The normalized spacial score (nSPS) is 12.2. The molecule has 1 aromatic rings. The molecule has 1 aromatic carbocycles. The number of hydrogen-bond donors (Lipinski definition) is 1. The minimum atomic E-state index is -0.170. The first-order valence-electron chi connectivity index (χ1n) is 6.63. The number of ether oxygens (including phenoxy) is 1. The molecule has 0 aliphatic rings. The molecule has 1 atom stereocenters. The van der Waals surface area contributed by atoms with E-state index in [0.717, 1.165) is 17.7 Å². The van der Waals surface area contributed by atoms with E-state index in [1.165, 1.54) is 0 Å². The van der Waals surface area contributed by atoms with Crippen LogP contribution in [0.1, 0.15) is 25.0 Å². The van der Waals surface area contributed by atoms with Crippen LogP contribution < -0.4 is 5.32 Å². The molecular formula is C15H24N2O2. The molecule has 0 spiro atoms. The molecule has 1 amide bonds. The van der Waals surface area contributed by atoms with Crippen molar-refractivity contribution in [3.05, 3.63) is 35.4 Å². The molecule has 0 aliphatic carbocycles. The molecule has 1 rings (SSSR count). The summed E-state index contributed by atoms with van der Waals surface area (Å²) in [7, 11) is 3.51. The lowest BCUT2D eigenvalue weighted by atomic mass is 10.1. The van der Waals surface area contributed by atoms with E-state index in [1.54, 1.807) is 12.0 Å². The van der Waals surface area contributed by atoms with E-state index in [9.17, 15) is 4.79 Å². The van der Waals surface area contributed by atoms with Crippen LogP contribution in [-0.2, 0) is 22.7 Å². The summed E-state index contributed by atoms with van der Waals surface area (Å²) in [4.78, 5) is 13.6. The lowest BCUT2D eigenvalue weighted by Crippen LogP contribution is -2.42. The zero-order valence-corrected chi connectivity index (χ0v) is 12.3. The number of nitrogens with zero attached hydrogens (tertiary/aromatic N) is 1. The van der Waals surface area contributed by atoms with Crippen molar-refractivity contribution in [1.29, 1.82) is 0 Å². The Morgan fingerprint density at radius 2 is 2.11 bits per heavy atom. The minimum Gasteiger partial charge on any atom is -0.380 e. The SMILES string of the molecule is CCN(C)C(=O)C(C)NCc1cccc(COC)c1. The van der Waals surface area contributed by atoms with Crippen molar-refractivity contribution in [3.8, 4) is 0 Å². The van der Waals surface area contributed by atoms with Gasteiger partial charge in [0.25, 0.3) is 0 Å². The molecule has 4 nitrogen and oxygen atoms in total. The Morgan fingerprint density at radius 3 is 2.74 bits per heavy atom. The highest BCUT2D eigenvalue weighted by Crippen LogP contribution is 2.06. The molecule has 0 fully saturated rings. The zero-order valence-electron chi connectivity index (χ0n) is 12.3. The fraction of sp³-hybridized carbons (Fsp3) is 0.533. The van der Waals surface area contributed by atoms with Crippen molar-refractivity contribution < 1.29 is 9.53 Å². The molecule has 4 heteroatoms. The third-order valence-electron chi connectivity index (χ3n) is 3.14. The predicted molar refractivity (Wildman–Crippen MR) is 76.8 cm³/mol. The Hall–Kier alpha value is -1.39. The van der Waals surface area contributed by atoms with Crippen molar-refractivity contribution in [2.45, 2.75) is 33.0 Å². The molecule has 0 bridgehead atoms. The summed E-state index contributed by atoms with van der Waals surface area (Å²) in [5.74, 6) is 0.121.